The Labute approximate surface area is 171 Å². The lowest BCUT2D eigenvalue weighted by molar-refractivity contribution is 0.0328. The summed E-state index contributed by atoms with van der Waals surface area (Å²) in [7, 11) is 0. The third-order valence-corrected chi connectivity index (χ3v) is 5.99. The molecule has 0 amide bonds. The Morgan fingerprint density at radius 3 is 2.44 bits per heavy atom. The second-order valence-corrected chi connectivity index (χ2v) is 8.23. The molecule has 1 aliphatic heterocycles. The highest BCUT2D eigenvalue weighted by atomic mass is 79.9. The van der Waals surface area contributed by atoms with Gasteiger partial charge in [0, 0.05) is 29.0 Å². The number of rotatable bonds is 6. The molecular weight excluding hydrogens is 424 g/mol. The summed E-state index contributed by atoms with van der Waals surface area (Å²) in [6, 6.07) is 18.8. The molecule has 1 fully saturated rings. The molecule has 3 aromatic rings. The zero-order valence-corrected chi connectivity index (χ0v) is 17.3. The van der Waals surface area contributed by atoms with Crippen LogP contribution in [0.4, 0.5) is 0 Å². The molecule has 0 atom stereocenters. The predicted molar refractivity (Wildman–Crippen MR) is 111 cm³/mol. The van der Waals surface area contributed by atoms with Gasteiger partial charge in [0.15, 0.2) is 11.0 Å². The van der Waals surface area contributed by atoms with Crippen LogP contribution in [0.3, 0.4) is 0 Å². The van der Waals surface area contributed by atoms with Gasteiger partial charge in [0.1, 0.15) is 0 Å². The first-order valence-electron chi connectivity index (χ1n) is 8.97. The molecule has 0 radical (unpaired) electrons. The average Bonchev–Trinajstić information content (AvgIpc) is 3.11. The Bertz CT molecular complexity index is 863. The van der Waals surface area contributed by atoms with Gasteiger partial charge in [-0.05, 0) is 29.8 Å². The molecule has 0 aliphatic carbocycles. The van der Waals surface area contributed by atoms with Gasteiger partial charge in [-0.15, -0.1) is 10.2 Å². The number of morpholine rings is 1. The third kappa shape index (κ3) is 4.79. The van der Waals surface area contributed by atoms with E-state index in [1.807, 2.05) is 6.07 Å². The van der Waals surface area contributed by atoms with Crippen LogP contribution in [0.15, 0.2) is 64.2 Å². The zero-order chi connectivity index (χ0) is 18.5. The maximum atomic E-state index is 5.46. The first-order chi connectivity index (χ1) is 13.3. The molecule has 7 heteroatoms. The number of benzene rings is 2. The van der Waals surface area contributed by atoms with Gasteiger partial charge in [0.2, 0.25) is 0 Å². The number of nitrogens with zero attached hydrogens (tertiary/aromatic N) is 4. The smallest absolute Gasteiger partial charge is 0.196 e. The molecule has 0 spiro atoms. The van der Waals surface area contributed by atoms with Crippen molar-refractivity contribution in [2.24, 2.45) is 0 Å². The summed E-state index contributed by atoms with van der Waals surface area (Å²) < 4.78 is 8.74. The van der Waals surface area contributed by atoms with Crippen molar-refractivity contribution >= 4 is 27.7 Å². The Kier molecular flexibility index (Phi) is 6.24. The van der Waals surface area contributed by atoms with Crippen LogP contribution in [-0.2, 0) is 17.0 Å². The molecule has 1 aliphatic rings. The number of hydrogen-bond donors (Lipinski definition) is 0. The van der Waals surface area contributed by atoms with Crippen LogP contribution in [-0.4, -0.2) is 46.0 Å². The summed E-state index contributed by atoms with van der Waals surface area (Å²) in [5, 5.41) is 9.94. The largest absolute Gasteiger partial charge is 0.379 e. The predicted octanol–water partition coefficient (Wildman–Crippen LogP) is 4.15. The third-order valence-electron chi connectivity index (χ3n) is 4.46. The Hall–Kier alpha value is -1.67. The van der Waals surface area contributed by atoms with Gasteiger partial charge < -0.3 is 4.74 Å². The van der Waals surface area contributed by atoms with Crippen molar-refractivity contribution < 1.29 is 4.74 Å². The highest BCUT2D eigenvalue weighted by Gasteiger charge is 2.18. The van der Waals surface area contributed by atoms with Crippen LogP contribution in [0.5, 0.6) is 0 Å². The van der Waals surface area contributed by atoms with E-state index in [9.17, 15) is 0 Å². The topological polar surface area (TPSA) is 43.2 Å². The molecule has 2 aromatic carbocycles. The van der Waals surface area contributed by atoms with Gasteiger partial charge in [0.05, 0.1) is 19.8 Å². The second kappa shape index (κ2) is 9.01. The van der Waals surface area contributed by atoms with Gasteiger partial charge in [-0.1, -0.05) is 58.0 Å². The van der Waals surface area contributed by atoms with E-state index in [1.54, 1.807) is 11.8 Å². The number of aromatic nitrogens is 3. The standard InChI is InChI=1S/C20H21BrN4OS/c21-17-8-6-16(7-9-17)15-27-20-23-22-19(14-24-10-12-26-13-11-24)25(20)18-4-2-1-3-5-18/h1-9H,10-15H2. The van der Waals surface area contributed by atoms with Gasteiger partial charge >= 0.3 is 0 Å². The first kappa shape index (κ1) is 18.7. The maximum absolute atomic E-state index is 5.46. The Morgan fingerprint density at radius 2 is 1.70 bits per heavy atom. The monoisotopic (exact) mass is 444 g/mol. The number of para-hydroxylation sites is 1. The average molecular weight is 445 g/mol. The van der Waals surface area contributed by atoms with Gasteiger partial charge in [0.25, 0.3) is 0 Å². The Balaban J connectivity index is 1.57. The quantitative estimate of drug-likeness (QED) is 0.534. The molecule has 140 valence electrons. The zero-order valence-electron chi connectivity index (χ0n) is 14.9. The molecule has 0 N–H and O–H groups in total. The minimum absolute atomic E-state index is 0.782. The molecule has 1 aromatic heterocycles. The maximum Gasteiger partial charge on any atom is 0.196 e. The molecule has 4 rings (SSSR count). The van der Waals surface area contributed by atoms with E-state index in [2.05, 4.69) is 84.1 Å². The van der Waals surface area contributed by atoms with Crippen molar-refractivity contribution in [3.8, 4) is 5.69 Å². The van der Waals surface area contributed by atoms with Crippen LogP contribution >= 0.6 is 27.7 Å². The Morgan fingerprint density at radius 1 is 0.963 bits per heavy atom. The van der Waals surface area contributed by atoms with E-state index in [0.29, 0.717) is 0 Å². The van der Waals surface area contributed by atoms with E-state index >= 15 is 0 Å². The van der Waals surface area contributed by atoms with E-state index < -0.39 is 0 Å². The normalized spacial score (nSPS) is 15.1. The fourth-order valence-electron chi connectivity index (χ4n) is 3.02. The lowest BCUT2D eigenvalue weighted by Crippen LogP contribution is -2.36. The lowest BCUT2D eigenvalue weighted by atomic mass is 10.2. The molecular formula is C20H21BrN4OS. The van der Waals surface area contributed by atoms with E-state index in [4.69, 9.17) is 4.74 Å². The summed E-state index contributed by atoms with van der Waals surface area (Å²) in [5.74, 6) is 1.83. The number of hydrogen-bond acceptors (Lipinski definition) is 5. The molecule has 1 saturated heterocycles. The van der Waals surface area contributed by atoms with Crippen LogP contribution in [0, 0.1) is 0 Å². The van der Waals surface area contributed by atoms with Gasteiger partial charge in [-0.2, -0.15) is 0 Å². The van der Waals surface area contributed by atoms with Gasteiger partial charge in [-0.3, -0.25) is 9.47 Å². The van der Waals surface area contributed by atoms with Crippen LogP contribution in [0.25, 0.3) is 5.69 Å². The van der Waals surface area contributed by atoms with Crippen molar-refractivity contribution in [3.05, 3.63) is 70.5 Å². The van der Waals surface area contributed by atoms with Crippen LogP contribution in [0.1, 0.15) is 11.4 Å². The minimum atomic E-state index is 0.782. The van der Waals surface area contributed by atoms with E-state index in [-0.39, 0.29) is 0 Å². The van der Waals surface area contributed by atoms with Crippen LogP contribution < -0.4 is 0 Å². The summed E-state index contributed by atoms with van der Waals surface area (Å²) >= 11 is 5.20. The number of ether oxygens (including phenoxy) is 1. The van der Waals surface area contributed by atoms with Crippen molar-refractivity contribution in [1.82, 2.24) is 19.7 Å². The molecule has 0 unspecified atom stereocenters. The fraction of sp³-hybridized carbons (Fsp3) is 0.300. The fourth-order valence-corrected chi connectivity index (χ4v) is 4.21. The minimum Gasteiger partial charge on any atom is -0.379 e. The number of halogens is 1. The highest BCUT2D eigenvalue weighted by molar-refractivity contribution is 9.10. The molecule has 27 heavy (non-hydrogen) atoms. The van der Waals surface area contributed by atoms with Crippen molar-refractivity contribution in [3.63, 3.8) is 0 Å². The van der Waals surface area contributed by atoms with Crippen LogP contribution in [0.2, 0.25) is 0 Å². The summed E-state index contributed by atoms with van der Waals surface area (Å²) in [6.07, 6.45) is 0. The van der Waals surface area contributed by atoms with E-state index in [1.165, 1.54) is 5.56 Å². The number of thioether (sulfide) groups is 1. The molecule has 5 nitrogen and oxygen atoms in total. The first-order valence-corrected chi connectivity index (χ1v) is 10.7. The molecule has 0 bridgehead atoms. The second-order valence-electron chi connectivity index (χ2n) is 6.37. The summed E-state index contributed by atoms with van der Waals surface area (Å²) in [5.41, 5.74) is 2.37. The van der Waals surface area contributed by atoms with Crippen molar-refractivity contribution in [2.45, 2.75) is 17.5 Å². The summed E-state index contributed by atoms with van der Waals surface area (Å²) in [4.78, 5) is 2.37. The SMILES string of the molecule is Brc1ccc(CSc2nnc(CN3CCOCC3)n2-c2ccccc2)cc1. The van der Waals surface area contributed by atoms with Gasteiger partial charge in [-0.25, -0.2) is 0 Å². The molecule has 2 heterocycles. The van der Waals surface area contributed by atoms with E-state index in [0.717, 1.165) is 59.7 Å². The lowest BCUT2D eigenvalue weighted by Gasteiger charge is -2.26. The van der Waals surface area contributed by atoms with Crippen molar-refractivity contribution in [2.75, 3.05) is 26.3 Å². The van der Waals surface area contributed by atoms with Crippen molar-refractivity contribution in [1.29, 1.82) is 0 Å². The highest BCUT2D eigenvalue weighted by Crippen LogP contribution is 2.26. The summed E-state index contributed by atoms with van der Waals surface area (Å²) in [6.45, 7) is 4.21. The molecule has 0 saturated carbocycles.